The van der Waals surface area contributed by atoms with Gasteiger partial charge in [0.15, 0.2) is 0 Å². The minimum absolute atomic E-state index is 0.0151. The summed E-state index contributed by atoms with van der Waals surface area (Å²) in [5.41, 5.74) is 5.07. The van der Waals surface area contributed by atoms with Gasteiger partial charge in [-0.15, -0.1) is 0 Å². The third kappa shape index (κ3) is 2.99. The first-order chi connectivity index (χ1) is 8.91. The Labute approximate surface area is 109 Å². The highest BCUT2D eigenvalue weighted by molar-refractivity contribution is 5.55. The van der Waals surface area contributed by atoms with E-state index in [1.54, 1.807) is 12.1 Å². The predicted octanol–water partition coefficient (Wildman–Crippen LogP) is 2.50. The Hall–Kier alpha value is -1.74. The molecule has 0 aromatic heterocycles. The summed E-state index contributed by atoms with van der Waals surface area (Å²) in [7, 11) is 0. The third-order valence-corrected chi connectivity index (χ3v) is 3.25. The van der Waals surface area contributed by atoms with Crippen molar-refractivity contribution in [2.24, 2.45) is 5.73 Å². The van der Waals surface area contributed by atoms with Crippen LogP contribution in [0.25, 0.3) is 0 Å². The Morgan fingerprint density at radius 2 is 2.11 bits per heavy atom. The Morgan fingerprint density at radius 1 is 1.37 bits per heavy atom. The van der Waals surface area contributed by atoms with Gasteiger partial charge < -0.3 is 10.6 Å². The molecule has 1 saturated heterocycles. The zero-order chi connectivity index (χ0) is 14.0. The van der Waals surface area contributed by atoms with Crippen molar-refractivity contribution in [3.05, 3.63) is 29.3 Å². The van der Waals surface area contributed by atoms with Gasteiger partial charge in [0.2, 0.25) is 0 Å². The molecular weight excluding hydrogens is 255 g/mol. The van der Waals surface area contributed by atoms with Gasteiger partial charge in [-0.3, -0.25) is 0 Å². The van der Waals surface area contributed by atoms with E-state index < -0.39 is 11.7 Å². The number of hydrogen-bond donors (Lipinski definition) is 1. The lowest BCUT2D eigenvalue weighted by molar-refractivity contribution is -0.137. The fourth-order valence-electron chi connectivity index (χ4n) is 2.31. The Kier molecular flexibility index (Phi) is 3.67. The number of piperidine rings is 1. The number of benzene rings is 1. The topological polar surface area (TPSA) is 53.0 Å². The third-order valence-electron chi connectivity index (χ3n) is 3.25. The number of halogens is 3. The number of nitriles is 1. The van der Waals surface area contributed by atoms with Crippen LogP contribution in [0.1, 0.15) is 24.0 Å². The first kappa shape index (κ1) is 13.7. The van der Waals surface area contributed by atoms with E-state index in [0.717, 1.165) is 18.9 Å². The van der Waals surface area contributed by atoms with Gasteiger partial charge in [-0.25, -0.2) is 0 Å². The van der Waals surface area contributed by atoms with Crippen molar-refractivity contribution >= 4 is 5.69 Å². The van der Waals surface area contributed by atoms with Gasteiger partial charge in [-0.05, 0) is 31.0 Å². The number of hydrogen-bond acceptors (Lipinski definition) is 3. The van der Waals surface area contributed by atoms with Crippen LogP contribution in [-0.4, -0.2) is 19.1 Å². The minimum Gasteiger partial charge on any atom is -0.370 e. The summed E-state index contributed by atoms with van der Waals surface area (Å²) in [5, 5.41) is 8.74. The zero-order valence-electron chi connectivity index (χ0n) is 10.2. The summed E-state index contributed by atoms with van der Waals surface area (Å²) in [4.78, 5) is 1.84. The molecule has 1 atom stereocenters. The van der Waals surface area contributed by atoms with Gasteiger partial charge in [0, 0.05) is 24.8 Å². The Bertz CT molecular complexity index is 505. The second kappa shape index (κ2) is 5.10. The summed E-state index contributed by atoms with van der Waals surface area (Å²) >= 11 is 0. The van der Waals surface area contributed by atoms with Gasteiger partial charge in [0.25, 0.3) is 0 Å². The highest BCUT2D eigenvalue weighted by Gasteiger charge is 2.34. The number of nitrogens with zero attached hydrogens (tertiary/aromatic N) is 2. The van der Waals surface area contributed by atoms with Crippen LogP contribution in [0.2, 0.25) is 0 Å². The SMILES string of the molecule is N#Cc1ccc(N2CCC[C@@H](N)C2)cc1C(F)(F)F. The van der Waals surface area contributed by atoms with Crippen LogP contribution >= 0.6 is 0 Å². The van der Waals surface area contributed by atoms with E-state index in [0.29, 0.717) is 18.8 Å². The quantitative estimate of drug-likeness (QED) is 0.852. The van der Waals surface area contributed by atoms with Crippen molar-refractivity contribution in [2.45, 2.75) is 25.1 Å². The fraction of sp³-hybridized carbons (Fsp3) is 0.462. The molecule has 0 unspecified atom stereocenters. The minimum atomic E-state index is -4.51. The van der Waals surface area contributed by atoms with E-state index in [1.807, 2.05) is 4.90 Å². The molecule has 0 bridgehead atoms. The maximum atomic E-state index is 12.9. The summed E-state index contributed by atoms with van der Waals surface area (Å²) in [6.45, 7) is 1.24. The standard InChI is InChI=1S/C13H14F3N3/c14-13(15,16)12-6-11(4-3-9(12)7-17)19-5-1-2-10(18)8-19/h3-4,6,10H,1-2,5,8,18H2/t10-/m1/s1. The molecule has 19 heavy (non-hydrogen) atoms. The van der Waals surface area contributed by atoms with Gasteiger partial charge >= 0.3 is 6.18 Å². The second-order valence-electron chi connectivity index (χ2n) is 4.69. The number of rotatable bonds is 1. The molecule has 0 aliphatic carbocycles. The molecule has 0 spiro atoms. The first-order valence-corrected chi connectivity index (χ1v) is 6.03. The maximum Gasteiger partial charge on any atom is 0.417 e. The van der Waals surface area contributed by atoms with Crippen LogP contribution in [0, 0.1) is 11.3 Å². The molecule has 1 fully saturated rings. The zero-order valence-corrected chi connectivity index (χ0v) is 10.2. The summed E-state index contributed by atoms with van der Waals surface area (Å²) in [6.07, 6.45) is -2.76. The summed E-state index contributed by atoms with van der Waals surface area (Å²) in [6, 6.07) is 5.37. The van der Waals surface area contributed by atoms with Crippen molar-refractivity contribution < 1.29 is 13.2 Å². The van der Waals surface area contributed by atoms with E-state index in [1.165, 1.54) is 6.07 Å². The van der Waals surface area contributed by atoms with Crippen LogP contribution < -0.4 is 10.6 Å². The predicted molar refractivity (Wildman–Crippen MR) is 65.6 cm³/mol. The average Bonchev–Trinajstić information content (AvgIpc) is 2.37. The highest BCUT2D eigenvalue weighted by Crippen LogP contribution is 2.34. The van der Waals surface area contributed by atoms with E-state index in [9.17, 15) is 13.2 Å². The number of anilines is 1. The van der Waals surface area contributed by atoms with Crippen LogP contribution in [0.3, 0.4) is 0 Å². The summed E-state index contributed by atoms with van der Waals surface area (Å²) in [5.74, 6) is 0. The van der Waals surface area contributed by atoms with Crippen LogP contribution in [0.5, 0.6) is 0 Å². The van der Waals surface area contributed by atoms with Crippen molar-refractivity contribution in [1.29, 1.82) is 5.26 Å². The normalized spacial score (nSPS) is 20.2. The lowest BCUT2D eigenvalue weighted by Crippen LogP contribution is -2.42. The first-order valence-electron chi connectivity index (χ1n) is 6.03. The van der Waals surface area contributed by atoms with Crippen molar-refractivity contribution in [2.75, 3.05) is 18.0 Å². The van der Waals surface area contributed by atoms with E-state index in [-0.39, 0.29) is 11.6 Å². The second-order valence-corrected chi connectivity index (χ2v) is 4.69. The van der Waals surface area contributed by atoms with Crippen molar-refractivity contribution in [3.63, 3.8) is 0 Å². The van der Waals surface area contributed by atoms with Gasteiger partial charge in [0.1, 0.15) is 0 Å². The molecule has 3 nitrogen and oxygen atoms in total. The molecule has 1 aromatic rings. The Morgan fingerprint density at radius 3 is 2.68 bits per heavy atom. The molecule has 6 heteroatoms. The van der Waals surface area contributed by atoms with Crippen molar-refractivity contribution in [3.8, 4) is 6.07 Å². The molecule has 0 radical (unpaired) electrons. The lowest BCUT2D eigenvalue weighted by Gasteiger charge is -2.33. The smallest absolute Gasteiger partial charge is 0.370 e. The molecule has 1 aliphatic rings. The Balaban J connectivity index is 2.35. The number of nitrogens with two attached hydrogens (primary N) is 1. The maximum absolute atomic E-state index is 12.9. The molecule has 0 amide bonds. The molecule has 1 aliphatic heterocycles. The number of alkyl halides is 3. The summed E-state index contributed by atoms with van der Waals surface area (Å²) < 4.78 is 38.6. The van der Waals surface area contributed by atoms with Gasteiger partial charge in [0.05, 0.1) is 17.2 Å². The van der Waals surface area contributed by atoms with Crippen LogP contribution in [-0.2, 0) is 6.18 Å². The van der Waals surface area contributed by atoms with E-state index >= 15 is 0 Å². The molecule has 1 aromatic carbocycles. The van der Waals surface area contributed by atoms with Gasteiger partial charge in [-0.2, -0.15) is 18.4 Å². The molecule has 2 N–H and O–H groups in total. The highest BCUT2D eigenvalue weighted by atomic mass is 19.4. The molecule has 2 rings (SSSR count). The molecular formula is C13H14F3N3. The monoisotopic (exact) mass is 269 g/mol. The van der Waals surface area contributed by atoms with Crippen molar-refractivity contribution in [1.82, 2.24) is 0 Å². The van der Waals surface area contributed by atoms with Crippen LogP contribution in [0.4, 0.5) is 18.9 Å². The lowest BCUT2D eigenvalue weighted by atomic mass is 10.0. The van der Waals surface area contributed by atoms with E-state index in [4.69, 9.17) is 11.0 Å². The van der Waals surface area contributed by atoms with E-state index in [2.05, 4.69) is 0 Å². The van der Waals surface area contributed by atoms with Crippen LogP contribution in [0.15, 0.2) is 18.2 Å². The fourth-order valence-corrected chi connectivity index (χ4v) is 2.31. The average molecular weight is 269 g/mol. The molecule has 0 saturated carbocycles. The molecule has 1 heterocycles. The molecule has 102 valence electrons. The largest absolute Gasteiger partial charge is 0.417 e. The van der Waals surface area contributed by atoms with Gasteiger partial charge in [-0.1, -0.05) is 0 Å².